The summed E-state index contributed by atoms with van der Waals surface area (Å²) in [6.07, 6.45) is 4.74. The van der Waals surface area contributed by atoms with Crippen LogP contribution in [0.15, 0.2) is 48.5 Å². The Balaban J connectivity index is 1.69. The maximum atomic E-state index is 14.6. The van der Waals surface area contributed by atoms with Crippen LogP contribution in [0.1, 0.15) is 37.2 Å². The van der Waals surface area contributed by atoms with Crippen molar-refractivity contribution in [3.63, 3.8) is 0 Å². The third-order valence-corrected chi connectivity index (χ3v) is 5.39. The fourth-order valence-corrected chi connectivity index (χ4v) is 3.92. The van der Waals surface area contributed by atoms with E-state index in [0.29, 0.717) is 29.2 Å². The molecule has 5 heteroatoms. The van der Waals surface area contributed by atoms with Crippen LogP contribution in [0.3, 0.4) is 0 Å². The molecule has 1 fully saturated rings. The van der Waals surface area contributed by atoms with Crippen molar-refractivity contribution in [2.24, 2.45) is 0 Å². The van der Waals surface area contributed by atoms with E-state index < -0.39 is 40.2 Å². The van der Waals surface area contributed by atoms with Crippen LogP contribution < -0.4 is 0 Å². The highest BCUT2D eigenvalue weighted by molar-refractivity contribution is 5.72. The maximum absolute atomic E-state index is 14.6. The zero-order valence-corrected chi connectivity index (χ0v) is 14.9. The van der Waals surface area contributed by atoms with Gasteiger partial charge in [0.15, 0.2) is 17.5 Å². The van der Waals surface area contributed by atoms with Gasteiger partial charge in [0.05, 0.1) is 5.56 Å². The Bertz CT molecular complexity index is 972. The second kappa shape index (κ2) is 7.38. The first-order valence-electron chi connectivity index (χ1n) is 9.18. The van der Waals surface area contributed by atoms with Gasteiger partial charge in [-0.05, 0) is 65.3 Å². The van der Waals surface area contributed by atoms with Gasteiger partial charge in [0.1, 0.15) is 11.6 Å². The van der Waals surface area contributed by atoms with Crippen molar-refractivity contribution in [3.05, 3.63) is 83.2 Å². The molecule has 0 spiro atoms. The topological polar surface area (TPSA) is 0 Å². The SMILES string of the molecule is Fc1cc(-c2c(F)cc(-c3ccc(C4CCCC4)cc3)cc2F)cc(F)c1F. The van der Waals surface area contributed by atoms with E-state index in [9.17, 15) is 22.0 Å². The van der Waals surface area contributed by atoms with Crippen molar-refractivity contribution in [1.29, 1.82) is 0 Å². The van der Waals surface area contributed by atoms with Gasteiger partial charge >= 0.3 is 0 Å². The predicted molar refractivity (Wildman–Crippen MR) is 98.3 cm³/mol. The van der Waals surface area contributed by atoms with Crippen LogP contribution in [0.5, 0.6) is 0 Å². The molecular weight excluding hydrogens is 371 g/mol. The summed E-state index contributed by atoms with van der Waals surface area (Å²) < 4.78 is 69.2. The Labute approximate surface area is 159 Å². The molecule has 0 bridgehead atoms. The van der Waals surface area contributed by atoms with Crippen LogP contribution >= 0.6 is 0 Å². The highest BCUT2D eigenvalue weighted by atomic mass is 19.2. The molecule has 28 heavy (non-hydrogen) atoms. The van der Waals surface area contributed by atoms with E-state index in [-0.39, 0.29) is 0 Å². The van der Waals surface area contributed by atoms with Gasteiger partial charge in [0.2, 0.25) is 0 Å². The minimum absolute atomic E-state index is 0.319. The van der Waals surface area contributed by atoms with Gasteiger partial charge in [-0.15, -0.1) is 0 Å². The largest absolute Gasteiger partial charge is 0.206 e. The second-order valence-corrected chi connectivity index (χ2v) is 7.17. The molecule has 144 valence electrons. The standard InChI is InChI=1S/C23H17F5/c24-18-9-16(15-7-5-14(6-8-15)13-3-1-2-4-13)10-19(25)22(18)17-11-20(26)23(28)21(27)12-17/h5-13H,1-4H2. The first kappa shape index (κ1) is 18.7. The molecule has 0 radical (unpaired) electrons. The lowest BCUT2D eigenvalue weighted by Gasteiger charge is -2.12. The van der Waals surface area contributed by atoms with Crippen LogP contribution in [-0.4, -0.2) is 0 Å². The van der Waals surface area contributed by atoms with Gasteiger partial charge in [-0.1, -0.05) is 37.1 Å². The smallest absolute Gasteiger partial charge is 0.194 e. The molecular formula is C23H17F5. The Hall–Kier alpha value is -2.69. The van der Waals surface area contributed by atoms with E-state index >= 15 is 0 Å². The molecule has 0 amide bonds. The van der Waals surface area contributed by atoms with Crippen LogP contribution in [0.2, 0.25) is 0 Å². The van der Waals surface area contributed by atoms with E-state index in [1.807, 2.05) is 24.3 Å². The Kier molecular flexibility index (Phi) is 4.92. The minimum Gasteiger partial charge on any atom is -0.206 e. The van der Waals surface area contributed by atoms with Gasteiger partial charge in [-0.2, -0.15) is 0 Å². The molecule has 3 aromatic carbocycles. The lowest BCUT2D eigenvalue weighted by atomic mass is 9.94. The average molecular weight is 388 g/mol. The quantitative estimate of drug-likeness (QED) is 0.324. The molecule has 1 saturated carbocycles. The van der Waals surface area contributed by atoms with E-state index in [0.717, 1.165) is 25.0 Å². The molecule has 1 aliphatic rings. The zero-order chi connectivity index (χ0) is 19.8. The molecule has 0 atom stereocenters. The maximum Gasteiger partial charge on any atom is 0.194 e. The summed E-state index contributed by atoms with van der Waals surface area (Å²) in [5.74, 6) is -6.09. The third kappa shape index (κ3) is 3.41. The molecule has 0 nitrogen and oxygen atoms in total. The zero-order valence-electron chi connectivity index (χ0n) is 14.9. The van der Waals surface area contributed by atoms with Gasteiger partial charge in [0.25, 0.3) is 0 Å². The van der Waals surface area contributed by atoms with Crippen molar-refractivity contribution < 1.29 is 22.0 Å². The van der Waals surface area contributed by atoms with Crippen LogP contribution in [0, 0.1) is 29.1 Å². The fourth-order valence-electron chi connectivity index (χ4n) is 3.92. The first-order chi connectivity index (χ1) is 13.4. The van der Waals surface area contributed by atoms with Gasteiger partial charge in [-0.25, -0.2) is 22.0 Å². The summed E-state index contributed by atoms with van der Waals surface area (Å²) in [5.41, 5.74) is 1.19. The average Bonchev–Trinajstić information content (AvgIpc) is 3.20. The predicted octanol–water partition coefficient (Wildman–Crippen LogP) is 7.37. The Morgan fingerprint density at radius 3 is 1.61 bits per heavy atom. The lowest BCUT2D eigenvalue weighted by molar-refractivity contribution is 0.447. The molecule has 0 heterocycles. The van der Waals surface area contributed by atoms with E-state index in [4.69, 9.17) is 0 Å². The van der Waals surface area contributed by atoms with Crippen molar-refractivity contribution >= 4 is 0 Å². The fraction of sp³-hybridized carbons (Fsp3) is 0.217. The number of rotatable bonds is 3. The molecule has 3 aromatic rings. The molecule has 1 aliphatic carbocycles. The number of benzene rings is 3. The summed E-state index contributed by atoms with van der Waals surface area (Å²) in [6.45, 7) is 0. The van der Waals surface area contributed by atoms with Crippen LogP contribution in [0.4, 0.5) is 22.0 Å². The molecule has 0 aromatic heterocycles. The van der Waals surface area contributed by atoms with Crippen molar-refractivity contribution in [1.82, 2.24) is 0 Å². The molecule has 4 rings (SSSR count). The van der Waals surface area contributed by atoms with Crippen LogP contribution in [-0.2, 0) is 0 Å². The first-order valence-corrected chi connectivity index (χ1v) is 9.18. The van der Waals surface area contributed by atoms with Crippen molar-refractivity contribution in [2.45, 2.75) is 31.6 Å². The van der Waals surface area contributed by atoms with Gasteiger partial charge in [0, 0.05) is 0 Å². The summed E-state index contributed by atoms with van der Waals surface area (Å²) in [6, 6.07) is 11.0. The molecule has 0 N–H and O–H groups in total. The Morgan fingerprint density at radius 2 is 1.07 bits per heavy atom. The summed E-state index contributed by atoms with van der Waals surface area (Å²) in [7, 11) is 0. The molecule has 0 unspecified atom stereocenters. The number of hydrogen-bond donors (Lipinski definition) is 0. The van der Waals surface area contributed by atoms with E-state index in [1.54, 1.807) is 0 Å². The third-order valence-electron chi connectivity index (χ3n) is 5.39. The summed E-state index contributed by atoms with van der Waals surface area (Å²) >= 11 is 0. The number of halogens is 5. The van der Waals surface area contributed by atoms with Gasteiger partial charge in [-0.3, -0.25) is 0 Å². The van der Waals surface area contributed by atoms with Gasteiger partial charge < -0.3 is 0 Å². The van der Waals surface area contributed by atoms with Crippen molar-refractivity contribution in [2.75, 3.05) is 0 Å². The van der Waals surface area contributed by atoms with Crippen LogP contribution in [0.25, 0.3) is 22.3 Å². The minimum atomic E-state index is -1.68. The molecule has 0 saturated heterocycles. The van der Waals surface area contributed by atoms with Crippen molar-refractivity contribution in [3.8, 4) is 22.3 Å². The summed E-state index contributed by atoms with van der Waals surface area (Å²) in [4.78, 5) is 0. The Morgan fingerprint density at radius 1 is 0.571 bits per heavy atom. The molecule has 0 aliphatic heterocycles. The number of hydrogen-bond acceptors (Lipinski definition) is 0. The lowest BCUT2D eigenvalue weighted by Crippen LogP contribution is -1.97. The second-order valence-electron chi connectivity index (χ2n) is 7.17. The summed E-state index contributed by atoms with van der Waals surface area (Å²) in [5, 5.41) is 0. The highest BCUT2D eigenvalue weighted by Gasteiger charge is 2.20. The van der Waals surface area contributed by atoms with E-state index in [2.05, 4.69) is 0 Å². The highest BCUT2D eigenvalue weighted by Crippen LogP contribution is 2.36. The van der Waals surface area contributed by atoms with E-state index in [1.165, 1.54) is 18.4 Å². The normalized spacial score (nSPS) is 14.6. The monoisotopic (exact) mass is 388 g/mol.